The maximum Gasteiger partial charge on any atom is 0.0929 e. The van der Waals surface area contributed by atoms with Crippen LogP contribution in [0.3, 0.4) is 0 Å². The molecule has 2 aromatic rings. The molecule has 0 saturated carbocycles. The number of aliphatic hydroxyl groups is 1. The van der Waals surface area contributed by atoms with Gasteiger partial charge in [0.1, 0.15) is 0 Å². The average molecular weight is 335 g/mol. The highest BCUT2D eigenvalue weighted by Gasteiger charge is 2.48. The second kappa shape index (κ2) is 6.59. The van der Waals surface area contributed by atoms with Crippen molar-refractivity contribution in [3.05, 3.63) is 71.3 Å². The molecule has 2 unspecified atom stereocenters. The summed E-state index contributed by atoms with van der Waals surface area (Å²) in [6, 6.07) is 20.3. The quantitative estimate of drug-likeness (QED) is 0.865. The summed E-state index contributed by atoms with van der Waals surface area (Å²) < 4.78 is 0. The molecule has 132 valence electrons. The smallest absolute Gasteiger partial charge is 0.0929 e. The van der Waals surface area contributed by atoms with Crippen molar-refractivity contribution in [1.82, 2.24) is 4.90 Å². The molecule has 2 aliphatic rings. The fraction of sp³-hybridized carbons (Fsp3) is 0.478. The maximum absolute atomic E-state index is 11.6. The van der Waals surface area contributed by atoms with E-state index in [-0.39, 0.29) is 0 Å². The molecule has 2 atom stereocenters. The molecule has 2 nitrogen and oxygen atoms in total. The SMILES string of the molecule is CC(C)c1ccccc1C1(O)CC2CCC(C1)N2Cc1ccccc1. The first-order valence-corrected chi connectivity index (χ1v) is 9.68. The van der Waals surface area contributed by atoms with Gasteiger partial charge < -0.3 is 5.11 Å². The van der Waals surface area contributed by atoms with Crippen LogP contribution < -0.4 is 0 Å². The van der Waals surface area contributed by atoms with Gasteiger partial charge in [0, 0.05) is 18.6 Å². The van der Waals surface area contributed by atoms with Crippen LogP contribution in [0, 0.1) is 0 Å². The summed E-state index contributed by atoms with van der Waals surface area (Å²) in [5.41, 5.74) is 3.19. The van der Waals surface area contributed by atoms with Gasteiger partial charge in [-0.25, -0.2) is 0 Å². The normalized spacial score (nSPS) is 29.3. The highest BCUT2D eigenvalue weighted by Crippen LogP contribution is 2.47. The number of rotatable bonds is 4. The van der Waals surface area contributed by atoms with E-state index in [2.05, 4.69) is 73.3 Å². The zero-order valence-corrected chi connectivity index (χ0v) is 15.4. The first-order valence-electron chi connectivity index (χ1n) is 9.68. The number of nitrogens with zero attached hydrogens (tertiary/aromatic N) is 1. The molecule has 2 heteroatoms. The lowest BCUT2D eigenvalue weighted by Gasteiger charge is -2.45. The maximum atomic E-state index is 11.6. The molecule has 2 bridgehead atoms. The average Bonchev–Trinajstić information content (AvgIpc) is 2.86. The van der Waals surface area contributed by atoms with Crippen molar-refractivity contribution in [2.24, 2.45) is 0 Å². The Labute approximate surface area is 151 Å². The molecular formula is C23H29NO. The molecule has 2 fully saturated rings. The van der Waals surface area contributed by atoms with Crippen molar-refractivity contribution in [1.29, 1.82) is 0 Å². The van der Waals surface area contributed by atoms with Gasteiger partial charge in [-0.05, 0) is 48.3 Å². The van der Waals surface area contributed by atoms with Gasteiger partial charge in [-0.15, -0.1) is 0 Å². The van der Waals surface area contributed by atoms with Gasteiger partial charge in [-0.1, -0.05) is 68.4 Å². The molecule has 2 saturated heterocycles. The van der Waals surface area contributed by atoms with E-state index in [4.69, 9.17) is 0 Å². The van der Waals surface area contributed by atoms with Gasteiger partial charge in [0.15, 0.2) is 0 Å². The molecular weight excluding hydrogens is 306 g/mol. The number of hydrogen-bond acceptors (Lipinski definition) is 2. The van der Waals surface area contributed by atoms with Gasteiger partial charge >= 0.3 is 0 Å². The third-order valence-electron chi connectivity index (χ3n) is 6.21. The lowest BCUT2D eigenvalue weighted by Crippen LogP contribution is -2.49. The molecule has 0 spiro atoms. The Morgan fingerprint density at radius 2 is 1.56 bits per heavy atom. The first kappa shape index (κ1) is 16.8. The minimum absolute atomic E-state index is 0.445. The van der Waals surface area contributed by atoms with Crippen LogP contribution in [0.4, 0.5) is 0 Å². The minimum Gasteiger partial charge on any atom is -0.385 e. The van der Waals surface area contributed by atoms with Crippen molar-refractivity contribution in [3.63, 3.8) is 0 Å². The zero-order valence-electron chi connectivity index (χ0n) is 15.4. The molecule has 1 N–H and O–H groups in total. The molecule has 25 heavy (non-hydrogen) atoms. The predicted octanol–water partition coefficient (Wildman–Crippen LogP) is 4.82. The number of benzene rings is 2. The molecule has 2 aliphatic heterocycles. The summed E-state index contributed by atoms with van der Waals surface area (Å²) in [7, 11) is 0. The van der Waals surface area contributed by atoms with E-state index in [1.54, 1.807) is 0 Å². The molecule has 0 aromatic heterocycles. The van der Waals surface area contributed by atoms with Gasteiger partial charge in [0.05, 0.1) is 5.60 Å². The monoisotopic (exact) mass is 335 g/mol. The minimum atomic E-state index is -0.667. The largest absolute Gasteiger partial charge is 0.385 e. The summed E-state index contributed by atoms with van der Waals surface area (Å²) >= 11 is 0. The standard InChI is InChI=1S/C23H29NO/c1-17(2)21-10-6-7-11-22(21)23(25)14-19-12-13-20(15-23)24(19)16-18-8-4-3-5-9-18/h3-11,17,19-20,25H,12-16H2,1-2H3. The Kier molecular flexibility index (Phi) is 4.43. The van der Waals surface area contributed by atoms with Crippen molar-refractivity contribution in [2.45, 2.75) is 69.7 Å². The Morgan fingerprint density at radius 3 is 2.20 bits per heavy atom. The van der Waals surface area contributed by atoms with Crippen molar-refractivity contribution >= 4 is 0 Å². The Morgan fingerprint density at radius 1 is 0.960 bits per heavy atom. The van der Waals surface area contributed by atoms with Crippen LogP contribution in [0.15, 0.2) is 54.6 Å². The molecule has 2 heterocycles. The summed E-state index contributed by atoms with van der Waals surface area (Å²) in [4.78, 5) is 2.64. The molecule has 0 amide bonds. The van der Waals surface area contributed by atoms with Crippen molar-refractivity contribution in [2.75, 3.05) is 0 Å². The van der Waals surface area contributed by atoms with Crippen LogP contribution in [0.25, 0.3) is 0 Å². The lowest BCUT2D eigenvalue weighted by molar-refractivity contribution is -0.0601. The summed E-state index contributed by atoms with van der Waals surface area (Å²) in [6.07, 6.45) is 4.15. The highest BCUT2D eigenvalue weighted by atomic mass is 16.3. The van der Waals surface area contributed by atoms with Crippen LogP contribution in [0.5, 0.6) is 0 Å². The third-order valence-corrected chi connectivity index (χ3v) is 6.21. The Bertz CT molecular complexity index is 710. The van der Waals surface area contributed by atoms with Gasteiger partial charge in [-0.2, -0.15) is 0 Å². The van der Waals surface area contributed by atoms with E-state index in [1.807, 2.05) is 0 Å². The van der Waals surface area contributed by atoms with E-state index in [9.17, 15) is 5.11 Å². The van der Waals surface area contributed by atoms with Crippen LogP contribution >= 0.6 is 0 Å². The number of hydrogen-bond donors (Lipinski definition) is 1. The summed E-state index contributed by atoms with van der Waals surface area (Å²) in [5, 5.41) is 11.6. The summed E-state index contributed by atoms with van der Waals surface area (Å²) in [6.45, 7) is 5.46. The zero-order chi connectivity index (χ0) is 17.4. The molecule has 0 radical (unpaired) electrons. The van der Waals surface area contributed by atoms with Gasteiger partial charge in [0.25, 0.3) is 0 Å². The van der Waals surface area contributed by atoms with Crippen LogP contribution in [-0.4, -0.2) is 22.1 Å². The van der Waals surface area contributed by atoms with Gasteiger partial charge in [0.2, 0.25) is 0 Å². The Hall–Kier alpha value is -1.64. The summed E-state index contributed by atoms with van der Waals surface area (Å²) in [5.74, 6) is 0.445. The van der Waals surface area contributed by atoms with Crippen LogP contribution in [0.1, 0.15) is 62.1 Å². The van der Waals surface area contributed by atoms with Gasteiger partial charge in [-0.3, -0.25) is 4.90 Å². The van der Waals surface area contributed by atoms with Crippen molar-refractivity contribution in [3.8, 4) is 0 Å². The number of fused-ring (bicyclic) bond motifs is 2. The highest BCUT2D eigenvalue weighted by molar-refractivity contribution is 5.36. The molecule has 4 rings (SSSR count). The van der Waals surface area contributed by atoms with Crippen LogP contribution in [0.2, 0.25) is 0 Å². The van der Waals surface area contributed by atoms with Crippen molar-refractivity contribution < 1.29 is 5.11 Å². The van der Waals surface area contributed by atoms with E-state index >= 15 is 0 Å². The first-order chi connectivity index (χ1) is 12.1. The van der Waals surface area contributed by atoms with E-state index in [0.717, 1.165) is 19.4 Å². The van der Waals surface area contributed by atoms with Crippen LogP contribution in [-0.2, 0) is 12.1 Å². The third kappa shape index (κ3) is 3.14. The second-order valence-corrected chi connectivity index (χ2v) is 8.22. The fourth-order valence-electron chi connectivity index (χ4n) is 5.01. The van der Waals surface area contributed by atoms with E-state index < -0.39 is 5.60 Å². The van der Waals surface area contributed by atoms with E-state index in [1.165, 1.54) is 29.5 Å². The number of piperidine rings is 1. The Balaban J connectivity index is 1.59. The lowest BCUT2D eigenvalue weighted by atomic mass is 9.77. The van der Waals surface area contributed by atoms with E-state index in [0.29, 0.717) is 18.0 Å². The second-order valence-electron chi connectivity index (χ2n) is 8.22. The fourth-order valence-corrected chi connectivity index (χ4v) is 5.01. The predicted molar refractivity (Wildman–Crippen MR) is 102 cm³/mol. The molecule has 2 aromatic carbocycles. The topological polar surface area (TPSA) is 23.5 Å². The molecule has 0 aliphatic carbocycles.